The van der Waals surface area contributed by atoms with Crippen LogP contribution in [0, 0.1) is 5.92 Å². The normalized spacial score (nSPS) is 10.3. The Balaban J connectivity index is 2.04. The highest BCUT2D eigenvalue weighted by Gasteiger charge is 2.14. The lowest BCUT2D eigenvalue weighted by Gasteiger charge is -2.18. The van der Waals surface area contributed by atoms with Gasteiger partial charge in [-0.15, -0.1) is 0 Å². The first-order valence-corrected chi connectivity index (χ1v) is 8.81. The predicted molar refractivity (Wildman–Crippen MR) is 109 cm³/mol. The molecule has 0 spiro atoms. The van der Waals surface area contributed by atoms with Gasteiger partial charge < -0.3 is 15.5 Å². The smallest absolute Gasteiger partial charge is 0.258 e. The average Bonchev–Trinajstić information content (AvgIpc) is 2.60. The summed E-state index contributed by atoms with van der Waals surface area (Å²) in [6.07, 6.45) is 0.405. The van der Waals surface area contributed by atoms with Crippen LogP contribution in [0.3, 0.4) is 0 Å². The number of benzene rings is 2. The van der Waals surface area contributed by atoms with Crippen LogP contribution in [0.15, 0.2) is 54.6 Å². The lowest BCUT2D eigenvalue weighted by molar-refractivity contribution is -0.120. The zero-order chi connectivity index (χ0) is 19.1. The number of carbonyl (C=O) groups excluding carboxylic acids is 2. The molecule has 0 bridgehead atoms. The van der Waals surface area contributed by atoms with Gasteiger partial charge in [-0.2, -0.15) is 0 Å². The molecule has 2 aromatic carbocycles. The quantitative estimate of drug-likeness (QED) is 0.787. The molecule has 2 rings (SSSR count). The minimum absolute atomic E-state index is 0.130. The third-order valence-corrected chi connectivity index (χ3v) is 3.87. The molecule has 0 saturated heterocycles. The SMILES string of the molecule is CC(C)CC(=O)NC(=S)Nc1cccc(C(=O)N(C)c2ccccc2)c1. The number of amides is 2. The first kappa shape index (κ1) is 19.6. The minimum atomic E-state index is -0.131. The van der Waals surface area contributed by atoms with Crippen LogP contribution in [0.25, 0.3) is 0 Å². The number of hydrogen-bond donors (Lipinski definition) is 2. The molecule has 0 heterocycles. The van der Waals surface area contributed by atoms with Crippen LogP contribution in [0.1, 0.15) is 30.6 Å². The summed E-state index contributed by atoms with van der Waals surface area (Å²) < 4.78 is 0. The second-order valence-corrected chi connectivity index (χ2v) is 6.79. The predicted octanol–water partition coefficient (Wildman–Crippen LogP) is 3.82. The standard InChI is InChI=1S/C20H23N3O2S/c1-14(2)12-18(24)22-20(26)21-16-9-7-8-15(13-16)19(25)23(3)17-10-5-4-6-11-17/h4-11,13-14H,12H2,1-3H3,(H2,21,22,24,26). The molecule has 0 aromatic heterocycles. The summed E-state index contributed by atoms with van der Waals surface area (Å²) in [5.74, 6) is -0.00423. The summed E-state index contributed by atoms with van der Waals surface area (Å²) in [6.45, 7) is 3.93. The van der Waals surface area contributed by atoms with Crippen molar-refractivity contribution in [3.05, 3.63) is 60.2 Å². The number of para-hydroxylation sites is 1. The number of carbonyl (C=O) groups is 2. The van der Waals surface area contributed by atoms with Crippen molar-refractivity contribution in [2.24, 2.45) is 5.92 Å². The van der Waals surface area contributed by atoms with Crippen LogP contribution in [-0.2, 0) is 4.79 Å². The van der Waals surface area contributed by atoms with E-state index in [9.17, 15) is 9.59 Å². The highest BCUT2D eigenvalue weighted by Crippen LogP contribution is 2.17. The highest BCUT2D eigenvalue weighted by molar-refractivity contribution is 7.80. The Morgan fingerprint density at radius 1 is 1.08 bits per heavy atom. The summed E-state index contributed by atoms with van der Waals surface area (Å²) >= 11 is 5.16. The highest BCUT2D eigenvalue weighted by atomic mass is 32.1. The van der Waals surface area contributed by atoms with E-state index in [1.807, 2.05) is 44.2 Å². The monoisotopic (exact) mass is 369 g/mol. The first-order chi connectivity index (χ1) is 12.4. The van der Waals surface area contributed by atoms with Crippen molar-refractivity contribution >= 4 is 40.5 Å². The average molecular weight is 369 g/mol. The molecule has 0 radical (unpaired) electrons. The van der Waals surface area contributed by atoms with Crippen molar-refractivity contribution in [3.63, 3.8) is 0 Å². The Kier molecular flexibility index (Phi) is 6.86. The lowest BCUT2D eigenvalue weighted by atomic mass is 10.1. The van der Waals surface area contributed by atoms with Crippen LogP contribution < -0.4 is 15.5 Å². The van der Waals surface area contributed by atoms with Crippen molar-refractivity contribution < 1.29 is 9.59 Å². The number of hydrogen-bond acceptors (Lipinski definition) is 3. The van der Waals surface area contributed by atoms with Gasteiger partial charge >= 0.3 is 0 Å². The molecule has 0 aliphatic heterocycles. The van der Waals surface area contributed by atoms with Crippen molar-refractivity contribution in [2.75, 3.05) is 17.3 Å². The van der Waals surface area contributed by atoms with Crippen molar-refractivity contribution in [1.82, 2.24) is 5.32 Å². The number of nitrogens with one attached hydrogen (secondary N) is 2. The molecule has 2 aromatic rings. The van der Waals surface area contributed by atoms with E-state index >= 15 is 0 Å². The van der Waals surface area contributed by atoms with E-state index in [2.05, 4.69) is 10.6 Å². The summed E-state index contributed by atoms with van der Waals surface area (Å²) in [4.78, 5) is 26.0. The fourth-order valence-corrected chi connectivity index (χ4v) is 2.63. The lowest BCUT2D eigenvalue weighted by Crippen LogP contribution is -2.34. The van der Waals surface area contributed by atoms with Crippen LogP contribution in [0.5, 0.6) is 0 Å². The third-order valence-electron chi connectivity index (χ3n) is 3.66. The molecule has 5 nitrogen and oxygen atoms in total. The molecule has 0 unspecified atom stereocenters. The summed E-state index contributed by atoms with van der Waals surface area (Å²) in [5.41, 5.74) is 1.98. The molecule has 0 saturated carbocycles. The Labute approximate surface area is 159 Å². The Morgan fingerprint density at radius 3 is 2.42 bits per heavy atom. The third kappa shape index (κ3) is 5.67. The maximum atomic E-state index is 12.7. The van der Waals surface area contributed by atoms with Gasteiger partial charge in [0.15, 0.2) is 5.11 Å². The Morgan fingerprint density at radius 2 is 1.77 bits per heavy atom. The fourth-order valence-electron chi connectivity index (χ4n) is 2.40. The first-order valence-electron chi connectivity index (χ1n) is 8.41. The minimum Gasteiger partial charge on any atom is -0.332 e. The van der Waals surface area contributed by atoms with Gasteiger partial charge in [0, 0.05) is 30.4 Å². The van der Waals surface area contributed by atoms with E-state index < -0.39 is 0 Å². The van der Waals surface area contributed by atoms with Gasteiger partial charge in [-0.05, 0) is 48.5 Å². The topological polar surface area (TPSA) is 61.4 Å². The zero-order valence-electron chi connectivity index (χ0n) is 15.2. The second-order valence-electron chi connectivity index (χ2n) is 6.38. The maximum Gasteiger partial charge on any atom is 0.258 e. The number of anilines is 2. The van der Waals surface area contributed by atoms with E-state index in [1.165, 1.54) is 0 Å². The Bertz CT molecular complexity index is 791. The van der Waals surface area contributed by atoms with E-state index in [1.54, 1.807) is 36.2 Å². The molecule has 136 valence electrons. The van der Waals surface area contributed by atoms with E-state index in [0.717, 1.165) is 5.69 Å². The zero-order valence-corrected chi connectivity index (χ0v) is 16.0. The molecular formula is C20H23N3O2S. The number of thiocarbonyl (C=S) groups is 1. The van der Waals surface area contributed by atoms with Crippen LogP contribution in [0.4, 0.5) is 11.4 Å². The van der Waals surface area contributed by atoms with E-state index in [4.69, 9.17) is 12.2 Å². The van der Waals surface area contributed by atoms with Crippen molar-refractivity contribution in [2.45, 2.75) is 20.3 Å². The van der Waals surface area contributed by atoms with Gasteiger partial charge in [-0.3, -0.25) is 9.59 Å². The largest absolute Gasteiger partial charge is 0.332 e. The molecule has 2 N–H and O–H groups in total. The second kappa shape index (κ2) is 9.10. The number of nitrogens with zero attached hydrogens (tertiary/aromatic N) is 1. The van der Waals surface area contributed by atoms with Crippen molar-refractivity contribution in [1.29, 1.82) is 0 Å². The van der Waals surface area contributed by atoms with Crippen molar-refractivity contribution in [3.8, 4) is 0 Å². The van der Waals surface area contributed by atoms with E-state index in [-0.39, 0.29) is 22.8 Å². The molecule has 0 aliphatic carbocycles. The van der Waals surface area contributed by atoms with E-state index in [0.29, 0.717) is 17.7 Å². The Hall–Kier alpha value is -2.73. The van der Waals surface area contributed by atoms with Gasteiger partial charge in [0.1, 0.15) is 0 Å². The molecule has 0 atom stereocenters. The van der Waals surface area contributed by atoms with Gasteiger partial charge in [-0.25, -0.2) is 0 Å². The maximum absolute atomic E-state index is 12.7. The molecule has 0 fully saturated rings. The molecule has 2 amide bonds. The van der Waals surface area contributed by atoms with Gasteiger partial charge in [0.2, 0.25) is 5.91 Å². The molecule has 6 heteroatoms. The molecular weight excluding hydrogens is 346 g/mol. The molecule has 0 aliphatic rings. The van der Waals surface area contributed by atoms with Crippen LogP contribution in [-0.4, -0.2) is 24.0 Å². The van der Waals surface area contributed by atoms with Crippen LogP contribution >= 0.6 is 12.2 Å². The molecule has 26 heavy (non-hydrogen) atoms. The van der Waals surface area contributed by atoms with Gasteiger partial charge in [-0.1, -0.05) is 38.1 Å². The van der Waals surface area contributed by atoms with Crippen LogP contribution in [0.2, 0.25) is 0 Å². The number of rotatable bonds is 5. The summed E-state index contributed by atoms with van der Waals surface area (Å²) in [6, 6.07) is 16.4. The fraction of sp³-hybridized carbons (Fsp3) is 0.250. The van der Waals surface area contributed by atoms with Gasteiger partial charge in [0.05, 0.1) is 0 Å². The summed E-state index contributed by atoms with van der Waals surface area (Å²) in [5, 5.41) is 5.81. The summed E-state index contributed by atoms with van der Waals surface area (Å²) in [7, 11) is 1.73. The van der Waals surface area contributed by atoms with Gasteiger partial charge in [0.25, 0.3) is 5.91 Å².